The van der Waals surface area contributed by atoms with Gasteiger partial charge in [-0.25, -0.2) is 15.4 Å². The zero-order chi connectivity index (χ0) is 17.4. The second-order valence-electron chi connectivity index (χ2n) is 5.52. The normalized spacial score (nSPS) is 15.7. The lowest BCUT2D eigenvalue weighted by molar-refractivity contribution is -0.137. The van der Waals surface area contributed by atoms with E-state index in [2.05, 4.69) is 15.3 Å². The number of nitrogens with zero attached hydrogens (tertiary/aromatic N) is 2. The van der Waals surface area contributed by atoms with Crippen molar-refractivity contribution in [1.82, 2.24) is 15.4 Å². The zero-order valence-electron chi connectivity index (χ0n) is 12.3. The van der Waals surface area contributed by atoms with Gasteiger partial charge < -0.3 is 5.32 Å². The molecule has 2 aromatic rings. The van der Waals surface area contributed by atoms with E-state index >= 15 is 0 Å². The summed E-state index contributed by atoms with van der Waals surface area (Å²) in [5.74, 6) is -0.556. The Hall–Kier alpha value is -2.68. The molecule has 1 fully saturated rings. The van der Waals surface area contributed by atoms with Crippen molar-refractivity contribution in [3.8, 4) is 0 Å². The SMILES string of the molecule is O=C(NO)c1cnc(NC2(c3cccc(C(F)(F)F)c3)CC2)nc1. The molecule has 1 amide bonds. The highest BCUT2D eigenvalue weighted by molar-refractivity contribution is 5.92. The van der Waals surface area contributed by atoms with Gasteiger partial charge in [-0.1, -0.05) is 12.1 Å². The van der Waals surface area contributed by atoms with Gasteiger partial charge in [0, 0.05) is 12.4 Å². The summed E-state index contributed by atoms with van der Waals surface area (Å²) in [5, 5.41) is 11.6. The molecule has 0 unspecified atom stereocenters. The van der Waals surface area contributed by atoms with Gasteiger partial charge in [0.05, 0.1) is 16.7 Å². The average molecular weight is 338 g/mol. The van der Waals surface area contributed by atoms with Crippen molar-refractivity contribution in [2.24, 2.45) is 0 Å². The molecule has 1 aromatic heterocycles. The number of amides is 1. The highest BCUT2D eigenvalue weighted by atomic mass is 19.4. The van der Waals surface area contributed by atoms with Gasteiger partial charge in [0.15, 0.2) is 0 Å². The Bertz CT molecular complexity index is 758. The van der Waals surface area contributed by atoms with Crippen LogP contribution in [0.4, 0.5) is 19.1 Å². The molecule has 126 valence electrons. The van der Waals surface area contributed by atoms with Crippen molar-refractivity contribution in [3.63, 3.8) is 0 Å². The summed E-state index contributed by atoms with van der Waals surface area (Å²) in [6, 6.07) is 5.14. The summed E-state index contributed by atoms with van der Waals surface area (Å²) < 4.78 is 38.6. The van der Waals surface area contributed by atoms with Gasteiger partial charge in [-0.05, 0) is 30.5 Å². The Balaban J connectivity index is 1.81. The molecular formula is C15H13F3N4O2. The lowest BCUT2D eigenvalue weighted by Gasteiger charge is -2.19. The van der Waals surface area contributed by atoms with Crippen LogP contribution in [0.3, 0.4) is 0 Å². The first-order chi connectivity index (χ1) is 11.3. The molecule has 3 N–H and O–H groups in total. The number of aromatic nitrogens is 2. The van der Waals surface area contributed by atoms with E-state index in [1.165, 1.54) is 23.9 Å². The Labute approximate surface area is 134 Å². The lowest BCUT2D eigenvalue weighted by Crippen LogP contribution is -2.22. The van der Waals surface area contributed by atoms with E-state index in [1.54, 1.807) is 6.07 Å². The number of halogens is 3. The molecule has 0 bridgehead atoms. The highest BCUT2D eigenvalue weighted by Gasteiger charge is 2.46. The predicted octanol–water partition coefficient (Wildman–Crippen LogP) is 2.72. The van der Waals surface area contributed by atoms with Crippen molar-refractivity contribution >= 4 is 11.9 Å². The Morgan fingerprint density at radius 3 is 2.42 bits per heavy atom. The van der Waals surface area contributed by atoms with Gasteiger partial charge in [-0.15, -0.1) is 0 Å². The number of rotatable bonds is 4. The molecule has 0 radical (unpaired) electrons. The molecule has 1 heterocycles. The third kappa shape index (κ3) is 3.16. The van der Waals surface area contributed by atoms with E-state index in [0.717, 1.165) is 12.1 Å². The van der Waals surface area contributed by atoms with Crippen LogP contribution in [-0.2, 0) is 11.7 Å². The minimum absolute atomic E-state index is 0.0620. The molecule has 1 aromatic carbocycles. The molecular weight excluding hydrogens is 325 g/mol. The van der Waals surface area contributed by atoms with Gasteiger partial charge in [-0.2, -0.15) is 13.2 Å². The average Bonchev–Trinajstić information content (AvgIpc) is 3.35. The molecule has 0 aliphatic heterocycles. The second-order valence-corrected chi connectivity index (χ2v) is 5.52. The molecule has 0 saturated heterocycles. The first kappa shape index (κ1) is 16.2. The molecule has 1 saturated carbocycles. The van der Waals surface area contributed by atoms with Crippen LogP contribution in [0, 0.1) is 0 Å². The highest BCUT2D eigenvalue weighted by Crippen LogP contribution is 2.48. The third-order valence-electron chi connectivity index (χ3n) is 3.86. The standard InChI is InChI=1S/C15H13F3N4O2/c16-15(17,18)11-3-1-2-10(6-11)14(4-5-14)21-13-19-7-9(8-20-13)12(23)22-24/h1-3,6-8,24H,4-5H2,(H,22,23)(H,19,20,21). The molecule has 9 heteroatoms. The predicted molar refractivity (Wildman–Crippen MR) is 77.3 cm³/mol. The minimum atomic E-state index is -4.40. The summed E-state index contributed by atoms with van der Waals surface area (Å²) in [5.41, 5.74) is 0.694. The molecule has 3 rings (SSSR count). The van der Waals surface area contributed by atoms with Crippen LogP contribution in [0.1, 0.15) is 34.3 Å². The summed E-state index contributed by atoms with van der Waals surface area (Å²) in [7, 11) is 0. The Kier molecular flexibility index (Phi) is 3.88. The largest absolute Gasteiger partial charge is 0.416 e. The third-order valence-corrected chi connectivity index (χ3v) is 3.86. The first-order valence-corrected chi connectivity index (χ1v) is 7.06. The molecule has 6 nitrogen and oxygen atoms in total. The van der Waals surface area contributed by atoms with Crippen LogP contribution >= 0.6 is 0 Å². The number of hydroxylamine groups is 1. The van der Waals surface area contributed by atoms with Crippen LogP contribution in [-0.4, -0.2) is 21.1 Å². The number of benzene rings is 1. The van der Waals surface area contributed by atoms with Gasteiger partial charge in [-0.3, -0.25) is 10.0 Å². The number of hydrogen-bond acceptors (Lipinski definition) is 5. The summed E-state index contributed by atoms with van der Waals surface area (Å²) in [4.78, 5) is 19.1. The van der Waals surface area contributed by atoms with Crippen molar-refractivity contribution in [1.29, 1.82) is 0 Å². The van der Waals surface area contributed by atoms with Crippen molar-refractivity contribution in [2.75, 3.05) is 5.32 Å². The van der Waals surface area contributed by atoms with Crippen LogP contribution in [0.25, 0.3) is 0 Å². The van der Waals surface area contributed by atoms with Gasteiger partial charge >= 0.3 is 6.18 Å². The van der Waals surface area contributed by atoms with Crippen molar-refractivity contribution < 1.29 is 23.2 Å². The fourth-order valence-electron chi connectivity index (χ4n) is 2.39. The van der Waals surface area contributed by atoms with E-state index in [-0.39, 0.29) is 11.5 Å². The fourth-order valence-corrected chi connectivity index (χ4v) is 2.39. The number of carbonyl (C=O) groups excluding carboxylic acids is 1. The topological polar surface area (TPSA) is 87.1 Å². The summed E-state index contributed by atoms with van der Waals surface area (Å²) >= 11 is 0. The molecule has 1 aliphatic carbocycles. The number of anilines is 1. The molecule has 0 atom stereocenters. The Morgan fingerprint density at radius 1 is 1.21 bits per heavy atom. The lowest BCUT2D eigenvalue weighted by atomic mass is 10.0. The Morgan fingerprint density at radius 2 is 1.88 bits per heavy atom. The molecule has 1 aliphatic rings. The zero-order valence-corrected chi connectivity index (χ0v) is 12.3. The minimum Gasteiger partial charge on any atom is -0.345 e. The molecule has 0 spiro atoms. The monoisotopic (exact) mass is 338 g/mol. The summed E-state index contributed by atoms with van der Waals surface area (Å²) in [6.45, 7) is 0. The van der Waals surface area contributed by atoms with E-state index in [9.17, 15) is 18.0 Å². The first-order valence-electron chi connectivity index (χ1n) is 7.06. The van der Waals surface area contributed by atoms with Crippen LogP contribution in [0.5, 0.6) is 0 Å². The second kappa shape index (κ2) is 5.75. The van der Waals surface area contributed by atoms with Gasteiger partial charge in [0.2, 0.25) is 5.95 Å². The maximum atomic E-state index is 12.9. The number of alkyl halides is 3. The smallest absolute Gasteiger partial charge is 0.345 e. The van der Waals surface area contributed by atoms with Crippen molar-refractivity contribution in [2.45, 2.75) is 24.6 Å². The van der Waals surface area contributed by atoms with E-state index < -0.39 is 23.2 Å². The van der Waals surface area contributed by atoms with Crippen molar-refractivity contribution in [3.05, 3.63) is 53.3 Å². The molecule has 24 heavy (non-hydrogen) atoms. The maximum absolute atomic E-state index is 12.9. The van der Waals surface area contributed by atoms with Crippen LogP contribution in [0.2, 0.25) is 0 Å². The number of carbonyl (C=O) groups is 1. The van der Waals surface area contributed by atoms with Crippen LogP contribution < -0.4 is 10.8 Å². The quantitative estimate of drug-likeness (QED) is 0.589. The van der Waals surface area contributed by atoms with Gasteiger partial charge in [0.25, 0.3) is 5.91 Å². The van der Waals surface area contributed by atoms with E-state index in [4.69, 9.17) is 5.21 Å². The fraction of sp³-hybridized carbons (Fsp3) is 0.267. The number of hydrogen-bond donors (Lipinski definition) is 3. The van der Waals surface area contributed by atoms with Gasteiger partial charge in [0.1, 0.15) is 0 Å². The number of nitrogens with one attached hydrogen (secondary N) is 2. The van der Waals surface area contributed by atoms with Crippen LogP contribution in [0.15, 0.2) is 36.7 Å². The van der Waals surface area contributed by atoms with E-state index in [1.807, 2.05) is 0 Å². The summed E-state index contributed by atoms with van der Waals surface area (Å²) in [6.07, 6.45) is -0.679. The van der Waals surface area contributed by atoms with E-state index in [0.29, 0.717) is 18.4 Å². The maximum Gasteiger partial charge on any atom is 0.416 e.